The Bertz CT molecular complexity index is 453. The van der Waals surface area contributed by atoms with E-state index in [2.05, 4.69) is 15.4 Å². The van der Waals surface area contributed by atoms with Crippen LogP contribution < -0.4 is 10.6 Å². The molecule has 3 N–H and O–H groups in total. The van der Waals surface area contributed by atoms with E-state index in [9.17, 15) is 14.0 Å². The van der Waals surface area contributed by atoms with Crippen molar-refractivity contribution in [3.8, 4) is 0 Å². The average molecular weight is 270 g/mol. The van der Waals surface area contributed by atoms with E-state index in [1.165, 1.54) is 25.3 Å². The zero-order valence-corrected chi connectivity index (χ0v) is 10.4. The van der Waals surface area contributed by atoms with Gasteiger partial charge in [0.15, 0.2) is 6.04 Å². The van der Waals surface area contributed by atoms with Gasteiger partial charge in [-0.05, 0) is 17.7 Å². The lowest BCUT2D eigenvalue weighted by Crippen LogP contribution is -2.48. The van der Waals surface area contributed by atoms with Crippen molar-refractivity contribution in [2.24, 2.45) is 0 Å². The van der Waals surface area contributed by atoms with Gasteiger partial charge in [0.05, 0.1) is 6.61 Å². The zero-order valence-electron chi connectivity index (χ0n) is 10.4. The Hall–Kier alpha value is -2.15. The first-order chi connectivity index (χ1) is 9.02. The maximum Gasteiger partial charge on any atom is 0.328 e. The lowest BCUT2D eigenvalue weighted by atomic mass is 10.2. The number of rotatable bonds is 6. The third-order valence-electron chi connectivity index (χ3n) is 2.28. The standard InChI is InChI=1S/C12H15FN2O4/c1-19-7-10(11(16)17)15-12(18)14-6-8-3-2-4-9(13)5-8/h2-5,10H,6-7H2,1H3,(H,16,17)(H2,14,15,18). The van der Waals surface area contributed by atoms with Crippen LogP contribution >= 0.6 is 0 Å². The van der Waals surface area contributed by atoms with Crippen LogP contribution in [0.1, 0.15) is 5.56 Å². The van der Waals surface area contributed by atoms with Crippen LogP contribution in [-0.4, -0.2) is 36.9 Å². The summed E-state index contributed by atoms with van der Waals surface area (Å²) in [6.45, 7) is -0.0361. The molecule has 104 valence electrons. The topological polar surface area (TPSA) is 87.7 Å². The van der Waals surface area contributed by atoms with Crippen LogP contribution in [0, 0.1) is 5.82 Å². The third kappa shape index (κ3) is 5.35. The van der Waals surface area contributed by atoms with Crippen LogP contribution in [0.2, 0.25) is 0 Å². The Labute approximate surface area is 109 Å². The molecule has 0 bridgehead atoms. The predicted octanol–water partition coefficient (Wildman–Crippen LogP) is 0.724. The summed E-state index contributed by atoms with van der Waals surface area (Å²) < 4.78 is 17.6. The molecular weight excluding hydrogens is 255 g/mol. The van der Waals surface area contributed by atoms with Gasteiger partial charge in [-0.1, -0.05) is 12.1 Å². The number of aliphatic carboxylic acids is 1. The van der Waals surface area contributed by atoms with Crippen molar-refractivity contribution in [2.45, 2.75) is 12.6 Å². The highest BCUT2D eigenvalue weighted by Crippen LogP contribution is 2.02. The van der Waals surface area contributed by atoms with E-state index in [0.717, 1.165) is 0 Å². The third-order valence-corrected chi connectivity index (χ3v) is 2.28. The van der Waals surface area contributed by atoms with E-state index in [4.69, 9.17) is 5.11 Å². The minimum absolute atomic E-state index is 0.100. The minimum Gasteiger partial charge on any atom is -0.480 e. The highest BCUT2D eigenvalue weighted by atomic mass is 19.1. The number of hydrogen-bond donors (Lipinski definition) is 3. The number of carbonyl (C=O) groups excluding carboxylic acids is 1. The number of methoxy groups -OCH3 is 1. The highest BCUT2D eigenvalue weighted by molar-refractivity contribution is 5.82. The average Bonchev–Trinajstić information content (AvgIpc) is 2.36. The number of carboxylic acid groups (broad SMARTS) is 1. The van der Waals surface area contributed by atoms with Crippen molar-refractivity contribution in [2.75, 3.05) is 13.7 Å². The number of nitrogens with one attached hydrogen (secondary N) is 2. The second-order valence-electron chi connectivity index (χ2n) is 3.80. The number of carboxylic acids is 1. The first-order valence-electron chi connectivity index (χ1n) is 5.53. The predicted molar refractivity (Wildman–Crippen MR) is 65.1 cm³/mol. The smallest absolute Gasteiger partial charge is 0.328 e. The van der Waals surface area contributed by atoms with Gasteiger partial charge in [-0.3, -0.25) is 0 Å². The molecule has 1 aromatic rings. The summed E-state index contributed by atoms with van der Waals surface area (Å²) in [6.07, 6.45) is 0. The van der Waals surface area contributed by atoms with Crippen LogP contribution in [0.25, 0.3) is 0 Å². The summed E-state index contributed by atoms with van der Waals surface area (Å²) in [6, 6.07) is 3.96. The molecule has 0 aromatic heterocycles. The van der Waals surface area contributed by atoms with Crippen molar-refractivity contribution in [1.82, 2.24) is 10.6 Å². The van der Waals surface area contributed by atoms with Gasteiger partial charge < -0.3 is 20.5 Å². The Morgan fingerprint density at radius 3 is 2.79 bits per heavy atom. The molecule has 7 heteroatoms. The Morgan fingerprint density at radius 2 is 2.21 bits per heavy atom. The molecule has 2 amide bonds. The Kier molecular flexibility index (Phi) is 5.74. The van der Waals surface area contributed by atoms with E-state index in [0.29, 0.717) is 5.56 Å². The van der Waals surface area contributed by atoms with Gasteiger partial charge in [-0.15, -0.1) is 0 Å². The zero-order chi connectivity index (χ0) is 14.3. The molecular formula is C12H15FN2O4. The molecule has 0 heterocycles. The van der Waals surface area contributed by atoms with Gasteiger partial charge in [0, 0.05) is 13.7 Å². The fourth-order valence-corrected chi connectivity index (χ4v) is 1.38. The summed E-state index contributed by atoms with van der Waals surface area (Å²) >= 11 is 0. The molecule has 0 radical (unpaired) electrons. The first-order valence-corrected chi connectivity index (χ1v) is 5.53. The molecule has 1 atom stereocenters. The fraction of sp³-hybridized carbons (Fsp3) is 0.333. The summed E-state index contributed by atoms with van der Waals surface area (Å²) in [4.78, 5) is 22.2. The van der Waals surface area contributed by atoms with Crippen LogP contribution in [0.3, 0.4) is 0 Å². The number of halogens is 1. The largest absolute Gasteiger partial charge is 0.480 e. The van der Waals surface area contributed by atoms with Crippen LogP contribution in [0.5, 0.6) is 0 Å². The van der Waals surface area contributed by atoms with Crippen LogP contribution in [-0.2, 0) is 16.1 Å². The van der Waals surface area contributed by atoms with Crippen LogP contribution in [0.15, 0.2) is 24.3 Å². The highest BCUT2D eigenvalue weighted by Gasteiger charge is 2.19. The number of amides is 2. The molecule has 0 saturated heterocycles. The van der Waals surface area contributed by atoms with Crippen molar-refractivity contribution >= 4 is 12.0 Å². The molecule has 0 aliphatic heterocycles. The second-order valence-corrected chi connectivity index (χ2v) is 3.80. The first kappa shape index (κ1) is 14.9. The van der Waals surface area contributed by atoms with Gasteiger partial charge in [-0.2, -0.15) is 0 Å². The van der Waals surface area contributed by atoms with E-state index in [-0.39, 0.29) is 13.2 Å². The van der Waals surface area contributed by atoms with Gasteiger partial charge in [-0.25, -0.2) is 14.0 Å². The fourth-order valence-electron chi connectivity index (χ4n) is 1.38. The summed E-state index contributed by atoms with van der Waals surface area (Å²) in [5.74, 6) is -1.59. The molecule has 1 unspecified atom stereocenters. The number of ether oxygens (including phenoxy) is 1. The SMILES string of the molecule is COCC(NC(=O)NCc1cccc(F)c1)C(=O)O. The van der Waals surface area contributed by atoms with E-state index in [1.807, 2.05) is 0 Å². The summed E-state index contributed by atoms with van der Waals surface area (Å²) in [7, 11) is 1.34. The Balaban J connectivity index is 2.44. The number of hydrogen-bond acceptors (Lipinski definition) is 3. The normalized spacial score (nSPS) is 11.7. The van der Waals surface area contributed by atoms with Crippen molar-refractivity contribution in [1.29, 1.82) is 0 Å². The second kappa shape index (κ2) is 7.32. The molecule has 0 spiro atoms. The monoisotopic (exact) mass is 270 g/mol. The molecule has 19 heavy (non-hydrogen) atoms. The molecule has 0 aliphatic rings. The number of urea groups is 1. The maximum atomic E-state index is 12.9. The minimum atomic E-state index is -1.19. The Morgan fingerprint density at radius 1 is 1.47 bits per heavy atom. The van der Waals surface area contributed by atoms with Crippen molar-refractivity contribution in [3.05, 3.63) is 35.6 Å². The van der Waals surface area contributed by atoms with E-state index < -0.39 is 23.9 Å². The molecule has 1 rings (SSSR count). The van der Waals surface area contributed by atoms with Gasteiger partial charge in [0.1, 0.15) is 5.82 Å². The van der Waals surface area contributed by atoms with Gasteiger partial charge in [0.25, 0.3) is 0 Å². The van der Waals surface area contributed by atoms with E-state index in [1.54, 1.807) is 6.07 Å². The van der Waals surface area contributed by atoms with Gasteiger partial charge >= 0.3 is 12.0 Å². The maximum absolute atomic E-state index is 12.9. The van der Waals surface area contributed by atoms with Crippen molar-refractivity contribution in [3.63, 3.8) is 0 Å². The van der Waals surface area contributed by atoms with Gasteiger partial charge in [0.2, 0.25) is 0 Å². The molecule has 6 nitrogen and oxygen atoms in total. The number of benzene rings is 1. The lowest BCUT2D eigenvalue weighted by Gasteiger charge is -2.14. The summed E-state index contributed by atoms with van der Waals surface area (Å²) in [5.41, 5.74) is 0.578. The number of carbonyl (C=O) groups is 2. The van der Waals surface area contributed by atoms with Crippen LogP contribution in [0.4, 0.5) is 9.18 Å². The lowest BCUT2D eigenvalue weighted by molar-refractivity contribution is -0.140. The molecule has 0 aliphatic carbocycles. The summed E-state index contributed by atoms with van der Waals surface area (Å²) in [5, 5.41) is 13.5. The van der Waals surface area contributed by atoms with Crippen molar-refractivity contribution < 1.29 is 23.8 Å². The molecule has 1 aromatic carbocycles. The molecule has 0 saturated carbocycles. The molecule has 0 fully saturated rings. The van der Waals surface area contributed by atoms with E-state index >= 15 is 0 Å². The quantitative estimate of drug-likeness (QED) is 0.711.